The van der Waals surface area contributed by atoms with Crippen molar-refractivity contribution in [1.29, 1.82) is 0 Å². The first-order valence-electron chi connectivity index (χ1n) is 4.42. The molecule has 1 aliphatic rings. The fourth-order valence-electron chi connectivity index (χ4n) is 1.78. The number of rotatable bonds is 0. The maximum absolute atomic E-state index is 4.93. The minimum absolute atomic E-state index is 0.826. The van der Waals surface area contributed by atoms with Gasteiger partial charge in [0.2, 0.25) is 0 Å². The molecule has 14 heavy (non-hydrogen) atoms. The van der Waals surface area contributed by atoms with E-state index in [2.05, 4.69) is 38.1 Å². The van der Waals surface area contributed by atoms with E-state index in [0.717, 1.165) is 6.42 Å². The van der Waals surface area contributed by atoms with E-state index in [-0.39, 0.29) is 0 Å². The molecule has 0 nitrogen and oxygen atoms in total. The molecule has 0 spiro atoms. The van der Waals surface area contributed by atoms with Crippen LogP contribution in [0, 0.1) is 13.8 Å². The van der Waals surface area contributed by atoms with Gasteiger partial charge in [-0.3, -0.25) is 0 Å². The van der Waals surface area contributed by atoms with E-state index in [4.69, 9.17) is 17.0 Å². The zero-order valence-electron chi connectivity index (χ0n) is 8.27. The molecular formula is C11H12Cl2Zr. The fraction of sp³-hybridized carbons (Fsp3) is 0.273. The zero-order chi connectivity index (χ0) is 10.6. The summed E-state index contributed by atoms with van der Waals surface area (Å²) in [5.74, 6) is 0. The van der Waals surface area contributed by atoms with Gasteiger partial charge in [0, 0.05) is 0 Å². The first-order chi connectivity index (χ1) is 6.69. The van der Waals surface area contributed by atoms with Gasteiger partial charge in [0.15, 0.2) is 0 Å². The van der Waals surface area contributed by atoms with Crippen LogP contribution in [0.1, 0.15) is 22.3 Å². The molecular weight excluding hydrogens is 294 g/mol. The second-order valence-corrected chi connectivity index (χ2v) is 7.06. The van der Waals surface area contributed by atoms with Crippen molar-refractivity contribution in [3.63, 3.8) is 0 Å². The summed E-state index contributed by atoms with van der Waals surface area (Å²) in [4.78, 5) is 0. The maximum atomic E-state index is 4.93. The predicted molar refractivity (Wildman–Crippen MR) is 60.4 cm³/mol. The third-order valence-corrected chi connectivity index (χ3v) is 2.24. The van der Waals surface area contributed by atoms with Crippen molar-refractivity contribution in [3.05, 3.63) is 40.5 Å². The van der Waals surface area contributed by atoms with E-state index in [9.17, 15) is 0 Å². The van der Waals surface area contributed by atoms with E-state index in [1.807, 2.05) is 0 Å². The van der Waals surface area contributed by atoms with Crippen molar-refractivity contribution >= 4 is 23.1 Å². The van der Waals surface area contributed by atoms with Gasteiger partial charge in [0.1, 0.15) is 0 Å². The quantitative estimate of drug-likeness (QED) is 0.672. The molecule has 1 aliphatic carbocycles. The van der Waals surface area contributed by atoms with E-state index in [0.29, 0.717) is 0 Å². The molecule has 0 saturated carbocycles. The van der Waals surface area contributed by atoms with Crippen LogP contribution in [0.5, 0.6) is 0 Å². The Kier molecular flexibility index (Phi) is 5.45. The van der Waals surface area contributed by atoms with E-state index in [1.54, 1.807) is 0 Å². The van der Waals surface area contributed by atoms with Gasteiger partial charge in [-0.1, -0.05) is 29.8 Å². The van der Waals surface area contributed by atoms with Crippen LogP contribution in [-0.4, -0.2) is 0 Å². The Bertz CT molecular complexity index is 345. The second kappa shape index (κ2) is 6.10. The fourth-order valence-corrected chi connectivity index (χ4v) is 1.78. The Morgan fingerprint density at radius 2 is 1.86 bits per heavy atom. The molecule has 1 aromatic rings. The number of benzene rings is 1. The summed E-state index contributed by atoms with van der Waals surface area (Å²) in [5, 5.41) is 0. The van der Waals surface area contributed by atoms with Crippen molar-refractivity contribution in [1.82, 2.24) is 0 Å². The molecule has 0 amide bonds. The van der Waals surface area contributed by atoms with Crippen molar-refractivity contribution in [2.24, 2.45) is 0 Å². The number of fused-ring (bicyclic) bond motifs is 1. The molecule has 74 valence electrons. The third-order valence-electron chi connectivity index (χ3n) is 2.24. The zero-order valence-corrected chi connectivity index (χ0v) is 12.2. The van der Waals surface area contributed by atoms with Crippen molar-refractivity contribution < 1.29 is 20.8 Å². The molecule has 1 aromatic carbocycles. The summed E-state index contributed by atoms with van der Waals surface area (Å²) < 4.78 is 0. The number of hydrogen-bond donors (Lipinski definition) is 0. The summed E-state index contributed by atoms with van der Waals surface area (Å²) in [6, 6.07) is 4.52. The van der Waals surface area contributed by atoms with E-state index >= 15 is 0 Å². The van der Waals surface area contributed by atoms with Crippen LogP contribution < -0.4 is 0 Å². The first kappa shape index (κ1) is 12.5. The molecule has 3 heteroatoms. The molecule has 0 unspecified atom stereocenters. The summed E-state index contributed by atoms with van der Waals surface area (Å²) in [7, 11) is 9.87. The van der Waals surface area contributed by atoms with Crippen LogP contribution >= 0.6 is 17.0 Å². The Balaban J connectivity index is 0.000000293. The van der Waals surface area contributed by atoms with Gasteiger partial charge in [0.25, 0.3) is 0 Å². The van der Waals surface area contributed by atoms with Crippen molar-refractivity contribution in [2.75, 3.05) is 0 Å². The number of allylic oxidation sites excluding steroid dienone is 1. The topological polar surface area (TPSA) is 0 Å². The summed E-state index contributed by atoms with van der Waals surface area (Å²) >= 11 is -0.826. The van der Waals surface area contributed by atoms with E-state index in [1.165, 1.54) is 22.3 Å². The summed E-state index contributed by atoms with van der Waals surface area (Å²) in [6.07, 6.45) is 5.58. The van der Waals surface area contributed by atoms with Crippen LogP contribution in [0.2, 0.25) is 0 Å². The first-order valence-corrected chi connectivity index (χ1v) is 10.7. The van der Waals surface area contributed by atoms with Crippen molar-refractivity contribution in [3.8, 4) is 0 Å². The van der Waals surface area contributed by atoms with Crippen LogP contribution in [-0.2, 0) is 27.3 Å². The summed E-state index contributed by atoms with van der Waals surface area (Å²) in [5.41, 5.74) is 5.72. The van der Waals surface area contributed by atoms with Gasteiger partial charge in [-0.2, -0.15) is 0 Å². The Morgan fingerprint density at radius 3 is 2.50 bits per heavy atom. The summed E-state index contributed by atoms with van der Waals surface area (Å²) in [6.45, 7) is 4.34. The van der Waals surface area contributed by atoms with Crippen LogP contribution in [0.4, 0.5) is 0 Å². The SMILES string of the molecule is Cc1cc(C)c2c(c1)CC=C2.[Cl][Zr][Cl]. The number of halogens is 2. The Hall–Kier alpha value is 0.423. The standard InChI is InChI=1S/C11H12.2ClH.Zr/c1-8-6-9(2)11-5-3-4-10(11)7-8;;;/h3,5-7H,4H2,1-2H3;2*1H;/q;;;+2/p-2. The van der Waals surface area contributed by atoms with E-state index < -0.39 is 20.8 Å². The van der Waals surface area contributed by atoms with Gasteiger partial charge >= 0.3 is 37.9 Å². The molecule has 0 aliphatic heterocycles. The number of aryl methyl sites for hydroxylation is 2. The molecule has 2 rings (SSSR count). The monoisotopic (exact) mass is 304 g/mol. The Labute approximate surface area is 104 Å². The second-order valence-electron chi connectivity index (χ2n) is 3.33. The molecule has 0 aromatic heterocycles. The average molecular weight is 306 g/mol. The normalized spacial score (nSPS) is 11.7. The van der Waals surface area contributed by atoms with Gasteiger partial charge < -0.3 is 0 Å². The molecule has 0 radical (unpaired) electrons. The van der Waals surface area contributed by atoms with Gasteiger partial charge in [-0.15, -0.1) is 0 Å². The predicted octanol–water partition coefficient (Wildman–Crippen LogP) is 4.25. The van der Waals surface area contributed by atoms with Gasteiger partial charge in [-0.25, -0.2) is 0 Å². The molecule has 0 heterocycles. The molecule has 0 fully saturated rings. The van der Waals surface area contributed by atoms with Gasteiger partial charge in [0.05, 0.1) is 0 Å². The average Bonchev–Trinajstić information content (AvgIpc) is 2.53. The van der Waals surface area contributed by atoms with Crippen molar-refractivity contribution in [2.45, 2.75) is 20.3 Å². The van der Waals surface area contributed by atoms with Crippen LogP contribution in [0.3, 0.4) is 0 Å². The molecule has 0 N–H and O–H groups in total. The Morgan fingerprint density at radius 1 is 1.21 bits per heavy atom. The van der Waals surface area contributed by atoms with Crippen LogP contribution in [0.15, 0.2) is 18.2 Å². The van der Waals surface area contributed by atoms with Crippen LogP contribution in [0.25, 0.3) is 6.08 Å². The molecule has 0 bridgehead atoms. The van der Waals surface area contributed by atoms with Gasteiger partial charge in [-0.05, 0) is 37.0 Å². The molecule has 0 atom stereocenters. The minimum atomic E-state index is -0.826. The third kappa shape index (κ3) is 3.22. The number of hydrogen-bond acceptors (Lipinski definition) is 0. The molecule has 0 saturated heterocycles.